The van der Waals surface area contributed by atoms with Crippen LogP contribution in [0.25, 0.3) is 26.3 Å². The second-order valence-electron chi connectivity index (χ2n) is 5.65. The Morgan fingerprint density at radius 2 is 1.73 bits per heavy atom. The Kier molecular flexibility index (Phi) is 4.18. The Hall–Kier alpha value is -3.12. The molecule has 4 rings (SSSR count). The molecule has 0 unspecified atom stereocenters. The molecule has 0 aliphatic carbocycles. The molecule has 130 valence electrons. The van der Waals surface area contributed by atoms with Crippen molar-refractivity contribution >= 4 is 21.6 Å². The molecule has 0 saturated carbocycles. The van der Waals surface area contributed by atoms with Crippen molar-refractivity contribution in [1.82, 2.24) is 9.55 Å². The van der Waals surface area contributed by atoms with E-state index in [1.165, 1.54) is 15.9 Å². The third-order valence-electron chi connectivity index (χ3n) is 4.14. The lowest BCUT2D eigenvalue weighted by Gasteiger charge is -2.10. The highest BCUT2D eigenvalue weighted by Gasteiger charge is 2.13. The first-order chi connectivity index (χ1) is 12.7. The van der Waals surface area contributed by atoms with Crippen molar-refractivity contribution in [2.45, 2.75) is 0 Å². The van der Waals surface area contributed by atoms with Gasteiger partial charge in [-0.2, -0.15) is 0 Å². The third-order valence-corrected chi connectivity index (χ3v) is 5.30. The van der Waals surface area contributed by atoms with Crippen LogP contribution in [-0.4, -0.2) is 23.8 Å². The maximum absolute atomic E-state index is 13.0. The van der Waals surface area contributed by atoms with Gasteiger partial charge in [0.05, 0.1) is 25.4 Å². The standard InChI is InChI=1S/C20H16N2O3S/c1-24-16-9-8-14(10-17(16)25-2)22-12-21-15-11-18(26-19(15)20(22)23)13-6-4-3-5-7-13/h3-12H,1-2H3. The molecule has 0 aliphatic rings. The maximum atomic E-state index is 13.0. The van der Waals surface area contributed by atoms with E-state index in [2.05, 4.69) is 4.98 Å². The number of thiophene rings is 1. The van der Waals surface area contributed by atoms with E-state index in [9.17, 15) is 4.79 Å². The number of nitrogens with zero attached hydrogens (tertiary/aromatic N) is 2. The van der Waals surface area contributed by atoms with Gasteiger partial charge < -0.3 is 9.47 Å². The second kappa shape index (κ2) is 6.65. The molecule has 0 amide bonds. The van der Waals surface area contributed by atoms with Crippen molar-refractivity contribution in [3.8, 4) is 27.6 Å². The molecule has 5 nitrogen and oxygen atoms in total. The van der Waals surface area contributed by atoms with Gasteiger partial charge in [-0.05, 0) is 23.8 Å². The van der Waals surface area contributed by atoms with Gasteiger partial charge in [0.15, 0.2) is 11.5 Å². The number of hydrogen-bond donors (Lipinski definition) is 0. The lowest BCUT2D eigenvalue weighted by Crippen LogP contribution is -2.17. The number of fused-ring (bicyclic) bond motifs is 1. The molecular weight excluding hydrogens is 348 g/mol. The van der Waals surface area contributed by atoms with Crippen molar-refractivity contribution in [2.75, 3.05) is 14.2 Å². The largest absolute Gasteiger partial charge is 0.493 e. The molecule has 6 heteroatoms. The van der Waals surface area contributed by atoms with Gasteiger partial charge in [-0.1, -0.05) is 30.3 Å². The molecule has 0 atom stereocenters. The van der Waals surface area contributed by atoms with E-state index in [1.54, 1.807) is 32.7 Å². The van der Waals surface area contributed by atoms with Gasteiger partial charge in [0.1, 0.15) is 11.0 Å². The Labute approximate surface area is 154 Å². The average Bonchev–Trinajstić information content (AvgIpc) is 3.14. The SMILES string of the molecule is COc1ccc(-n2cnc3cc(-c4ccccc4)sc3c2=O)cc1OC. The highest BCUT2D eigenvalue weighted by atomic mass is 32.1. The van der Waals surface area contributed by atoms with E-state index >= 15 is 0 Å². The first kappa shape index (κ1) is 16.4. The van der Waals surface area contributed by atoms with E-state index in [0.717, 1.165) is 10.4 Å². The van der Waals surface area contributed by atoms with Gasteiger partial charge in [-0.25, -0.2) is 4.98 Å². The molecule has 0 fully saturated rings. The summed E-state index contributed by atoms with van der Waals surface area (Å²) in [6.07, 6.45) is 1.55. The predicted octanol–water partition coefficient (Wildman–Crippen LogP) is 4.13. The maximum Gasteiger partial charge on any atom is 0.275 e. The van der Waals surface area contributed by atoms with Crippen LogP contribution in [0.5, 0.6) is 11.5 Å². The van der Waals surface area contributed by atoms with Crippen LogP contribution in [0, 0.1) is 0 Å². The zero-order valence-electron chi connectivity index (χ0n) is 14.3. The van der Waals surface area contributed by atoms with E-state index in [0.29, 0.717) is 27.4 Å². The minimum Gasteiger partial charge on any atom is -0.493 e. The van der Waals surface area contributed by atoms with E-state index in [4.69, 9.17) is 9.47 Å². The molecule has 0 radical (unpaired) electrons. The number of rotatable bonds is 4. The van der Waals surface area contributed by atoms with Gasteiger partial charge in [-0.15, -0.1) is 11.3 Å². The summed E-state index contributed by atoms with van der Waals surface area (Å²) in [5.41, 5.74) is 2.36. The fraction of sp³-hybridized carbons (Fsp3) is 0.100. The van der Waals surface area contributed by atoms with E-state index < -0.39 is 0 Å². The number of methoxy groups -OCH3 is 2. The molecule has 2 heterocycles. The fourth-order valence-electron chi connectivity index (χ4n) is 2.82. The quantitative estimate of drug-likeness (QED) is 0.546. The number of hydrogen-bond acceptors (Lipinski definition) is 5. The monoisotopic (exact) mass is 364 g/mol. The minimum absolute atomic E-state index is 0.102. The van der Waals surface area contributed by atoms with Gasteiger partial charge in [0.2, 0.25) is 0 Å². The Morgan fingerprint density at radius 3 is 2.46 bits per heavy atom. The van der Waals surface area contributed by atoms with Crippen LogP contribution in [0.2, 0.25) is 0 Å². The lowest BCUT2D eigenvalue weighted by molar-refractivity contribution is 0.355. The first-order valence-corrected chi connectivity index (χ1v) is 8.82. The van der Waals surface area contributed by atoms with E-state index in [1.807, 2.05) is 42.5 Å². The summed E-state index contributed by atoms with van der Waals surface area (Å²) >= 11 is 1.45. The van der Waals surface area contributed by atoms with Crippen molar-refractivity contribution < 1.29 is 9.47 Å². The zero-order valence-corrected chi connectivity index (χ0v) is 15.1. The van der Waals surface area contributed by atoms with Crippen LogP contribution in [0.4, 0.5) is 0 Å². The smallest absolute Gasteiger partial charge is 0.275 e. The highest BCUT2D eigenvalue weighted by Crippen LogP contribution is 2.32. The first-order valence-electron chi connectivity index (χ1n) is 8.00. The molecule has 0 aliphatic heterocycles. The number of aromatic nitrogens is 2. The fourth-order valence-corrected chi connectivity index (χ4v) is 3.86. The Balaban J connectivity index is 1.85. The summed E-state index contributed by atoms with van der Waals surface area (Å²) in [6, 6.07) is 17.3. The van der Waals surface area contributed by atoms with Crippen molar-refractivity contribution in [3.63, 3.8) is 0 Å². The highest BCUT2D eigenvalue weighted by molar-refractivity contribution is 7.22. The Bertz CT molecular complexity index is 1130. The zero-order chi connectivity index (χ0) is 18.1. The van der Waals surface area contributed by atoms with Crippen molar-refractivity contribution in [1.29, 1.82) is 0 Å². The van der Waals surface area contributed by atoms with Crippen molar-refractivity contribution in [3.05, 3.63) is 71.3 Å². The molecule has 4 aromatic rings. The summed E-state index contributed by atoms with van der Waals surface area (Å²) in [7, 11) is 3.14. The normalized spacial score (nSPS) is 10.8. The van der Waals surface area contributed by atoms with Crippen LogP contribution >= 0.6 is 11.3 Å². The van der Waals surface area contributed by atoms with Crippen LogP contribution in [0.1, 0.15) is 0 Å². The minimum atomic E-state index is -0.102. The van der Waals surface area contributed by atoms with Gasteiger partial charge >= 0.3 is 0 Å². The molecular formula is C20H16N2O3S. The van der Waals surface area contributed by atoms with Crippen LogP contribution in [0.15, 0.2) is 65.7 Å². The van der Waals surface area contributed by atoms with Crippen LogP contribution in [0.3, 0.4) is 0 Å². The average molecular weight is 364 g/mol. The van der Waals surface area contributed by atoms with Gasteiger partial charge in [-0.3, -0.25) is 9.36 Å². The van der Waals surface area contributed by atoms with Crippen molar-refractivity contribution in [2.24, 2.45) is 0 Å². The molecule has 2 aromatic carbocycles. The lowest BCUT2D eigenvalue weighted by atomic mass is 10.2. The molecule has 0 bridgehead atoms. The molecule has 2 aromatic heterocycles. The second-order valence-corrected chi connectivity index (χ2v) is 6.70. The number of benzene rings is 2. The van der Waals surface area contributed by atoms with E-state index in [-0.39, 0.29) is 5.56 Å². The van der Waals surface area contributed by atoms with Gasteiger partial charge in [0.25, 0.3) is 5.56 Å². The summed E-state index contributed by atoms with van der Waals surface area (Å²) in [6.45, 7) is 0. The summed E-state index contributed by atoms with van der Waals surface area (Å²) in [5.74, 6) is 1.17. The topological polar surface area (TPSA) is 53.4 Å². The number of ether oxygens (including phenoxy) is 2. The molecule has 0 spiro atoms. The predicted molar refractivity (Wildman–Crippen MR) is 104 cm³/mol. The molecule has 26 heavy (non-hydrogen) atoms. The summed E-state index contributed by atoms with van der Waals surface area (Å²) in [5, 5.41) is 0. The van der Waals surface area contributed by atoms with Crippen LogP contribution in [-0.2, 0) is 0 Å². The third kappa shape index (κ3) is 2.74. The van der Waals surface area contributed by atoms with Gasteiger partial charge in [0, 0.05) is 10.9 Å². The van der Waals surface area contributed by atoms with Crippen LogP contribution < -0.4 is 15.0 Å². The molecule has 0 saturated heterocycles. The summed E-state index contributed by atoms with van der Waals surface area (Å²) < 4.78 is 12.7. The summed E-state index contributed by atoms with van der Waals surface area (Å²) in [4.78, 5) is 18.5. The molecule has 0 N–H and O–H groups in total. The Morgan fingerprint density at radius 1 is 0.962 bits per heavy atom.